The molecule has 4 heteroatoms. The Morgan fingerprint density at radius 3 is 2.74 bits per heavy atom. The van der Waals surface area contributed by atoms with Crippen molar-refractivity contribution in [1.82, 2.24) is 4.90 Å². The van der Waals surface area contributed by atoms with Crippen molar-refractivity contribution in [3.63, 3.8) is 0 Å². The molecule has 0 bridgehead atoms. The van der Waals surface area contributed by atoms with Gasteiger partial charge in [-0.1, -0.05) is 22.0 Å². The summed E-state index contributed by atoms with van der Waals surface area (Å²) in [6.07, 6.45) is 5.45. The number of benzene rings is 1. The number of fused-ring (bicyclic) bond motifs is 1. The summed E-state index contributed by atoms with van der Waals surface area (Å²) < 4.78 is 1.13. The topological polar surface area (TPSA) is 40.5 Å². The molecule has 0 spiro atoms. The lowest BCUT2D eigenvalue weighted by Crippen LogP contribution is -2.43. The van der Waals surface area contributed by atoms with E-state index < -0.39 is 5.97 Å². The zero-order chi connectivity index (χ0) is 13.4. The van der Waals surface area contributed by atoms with E-state index in [1.807, 2.05) is 0 Å². The molecule has 0 heterocycles. The Hall–Kier alpha value is -0.870. The number of hydrogen-bond donors (Lipinski definition) is 1. The molecule has 3 nitrogen and oxygen atoms in total. The maximum atomic E-state index is 11.0. The average molecular weight is 324 g/mol. The minimum Gasteiger partial charge on any atom is -0.480 e. The molecule has 19 heavy (non-hydrogen) atoms. The van der Waals surface area contributed by atoms with E-state index in [0.29, 0.717) is 12.1 Å². The first-order chi connectivity index (χ1) is 9.13. The lowest BCUT2D eigenvalue weighted by molar-refractivity contribution is -0.139. The normalized spacial score (nSPS) is 22.3. The molecule has 0 aliphatic heterocycles. The Morgan fingerprint density at radius 2 is 2.05 bits per heavy atom. The van der Waals surface area contributed by atoms with E-state index in [9.17, 15) is 4.79 Å². The van der Waals surface area contributed by atoms with Gasteiger partial charge in [0, 0.05) is 16.6 Å². The van der Waals surface area contributed by atoms with Gasteiger partial charge in [-0.25, -0.2) is 0 Å². The third-order valence-electron chi connectivity index (χ3n) is 4.17. The smallest absolute Gasteiger partial charge is 0.317 e. The number of rotatable bonds is 4. The second-order valence-corrected chi connectivity index (χ2v) is 6.52. The van der Waals surface area contributed by atoms with Crippen LogP contribution >= 0.6 is 15.9 Å². The monoisotopic (exact) mass is 323 g/mol. The highest BCUT2D eigenvalue weighted by Crippen LogP contribution is 2.34. The first-order valence-electron chi connectivity index (χ1n) is 6.88. The van der Waals surface area contributed by atoms with Crippen molar-refractivity contribution in [2.24, 2.45) is 0 Å². The van der Waals surface area contributed by atoms with Crippen molar-refractivity contribution in [2.75, 3.05) is 6.54 Å². The fourth-order valence-electron chi connectivity index (χ4n) is 3.11. The van der Waals surface area contributed by atoms with Gasteiger partial charge in [0.15, 0.2) is 0 Å². The summed E-state index contributed by atoms with van der Waals surface area (Å²) in [7, 11) is 0. The van der Waals surface area contributed by atoms with Gasteiger partial charge in [-0.2, -0.15) is 0 Å². The van der Waals surface area contributed by atoms with Crippen molar-refractivity contribution in [3.8, 4) is 0 Å². The van der Waals surface area contributed by atoms with Crippen LogP contribution in [0.15, 0.2) is 22.7 Å². The summed E-state index contributed by atoms with van der Waals surface area (Å²) in [5, 5.41) is 9.07. The van der Waals surface area contributed by atoms with Gasteiger partial charge >= 0.3 is 5.97 Å². The first kappa shape index (κ1) is 13.1. The summed E-state index contributed by atoms with van der Waals surface area (Å²) in [6, 6.07) is 7.37. The number of nitrogens with zero attached hydrogens (tertiary/aromatic N) is 1. The number of aryl methyl sites for hydroxylation is 1. The van der Waals surface area contributed by atoms with Crippen molar-refractivity contribution >= 4 is 21.9 Å². The van der Waals surface area contributed by atoms with E-state index >= 15 is 0 Å². The molecule has 1 fully saturated rings. The predicted octanol–water partition coefficient (Wildman–Crippen LogP) is 2.86. The summed E-state index contributed by atoms with van der Waals surface area (Å²) in [5.74, 6) is -0.700. The average Bonchev–Trinajstić information content (AvgIpc) is 3.19. The SMILES string of the molecule is O=C(O)CN(C1CC1)C1CCc2cc(Br)ccc2C1. The van der Waals surface area contributed by atoms with Crippen LogP contribution in [0.25, 0.3) is 0 Å². The van der Waals surface area contributed by atoms with Crippen LogP contribution in [0.5, 0.6) is 0 Å². The Labute approximate surface area is 121 Å². The Balaban J connectivity index is 1.76. The number of hydrogen-bond acceptors (Lipinski definition) is 2. The summed E-state index contributed by atoms with van der Waals surface area (Å²) >= 11 is 3.51. The van der Waals surface area contributed by atoms with Gasteiger partial charge in [0.25, 0.3) is 0 Å². The molecule has 0 aromatic heterocycles. The van der Waals surface area contributed by atoms with Crippen molar-refractivity contribution < 1.29 is 9.90 Å². The van der Waals surface area contributed by atoms with Crippen LogP contribution in [0.4, 0.5) is 0 Å². The van der Waals surface area contributed by atoms with Gasteiger partial charge < -0.3 is 5.11 Å². The van der Waals surface area contributed by atoms with Crippen LogP contribution in [-0.2, 0) is 17.6 Å². The predicted molar refractivity (Wildman–Crippen MR) is 77.3 cm³/mol. The Morgan fingerprint density at radius 1 is 1.26 bits per heavy atom. The van der Waals surface area contributed by atoms with E-state index in [1.165, 1.54) is 11.1 Å². The quantitative estimate of drug-likeness (QED) is 0.926. The van der Waals surface area contributed by atoms with E-state index in [-0.39, 0.29) is 6.54 Å². The molecule has 3 rings (SSSR count). The maximum Gasteiger partial charge on any atom is 0.317 e. The molecule has 1 saturated carbocycles. The van der Waals surface area contributed by atoms with Crippen LogP contribution < -0.4 is 0 Å². The second kappa shape index (κ2) is 5.25. The van der Waals surface area contributed by atoms with Gasteiger partial charge in [0.2, 0.25) is 0 Å². The molecule has 102 valence electrons. The fraction of sp³-hybridized carbons (Fsp3) is 0.533. The number of halogens is 1. The summed E-state index contributed by atoms with van der Waals surface area (Å²) in [6.45, 7) is 0.196. The van der Waals surface area contributed by atoms with Crippen molar-refractivity contribution in [1.29, 1.82) is 0 Å². The van der Waals surface area contributed by atoms with Crippen LogP contribution in [0.3, 0.4) is 0 Å². The van der Waals surface area contributed by atoms with Gasteiger partial charge in [-0.05, 0) is 55.4 Å². The Bertz CT molecular complexity index is 499. The molecule has 0 saturated heterocycles. The molecular weight excluding hydrogens is 306 g/mol. The van der Waals surface area contributed by atoms with Crippen LogP contribution in [0, 0.1) is 0 Å². The standard InChI is InChI=1S/C15H18BrNO2/c16-12-3-1-11-8-14(4-2-10(11)7-12)17(9-15(18)19)13-5-6-13/h1,3,7,13-14H,2,4-6,8-9H2,(H,18,19). The van der Waals surface area contributed by atoms with Crippen LogP contribution in [0.1, 0.15) is 30.4 Å². The zero-order valence-electron chi connectivity index (χ0n) is 10.8. The van der Waals surface area contributed by atoms with E-state index in [1.54, 1.807) is 0 Å². The Kier molecular flexibility index (Phi) is 3.63. The van der Waals surface area contributed by atoms with Gasteiger partial charge in [-0.15, -0.1) is 0 Å². The lowest BCUT2D eigenvalue weighted by atomic mass is 9.87. The molecule has 0 amide bonds. The van der Waals surface area contributed by atoms with Gasteiger partial charge in [0.05, 0.1) is 6.54 Å². The highest BCUT2D eigenvalue weighted by Gasteiger charge is 2.36. The molecular formula is C15H18BrNO2. The fourth-order valence-corrected chi connectivity index (χ4v) is 3.51. The van der Waals surface area contributed by atoms with E-state index in [4.69, 9.17) is 5.11 Å². The highest BCUT2D eigenvalue weighted by molar-refractivity contribution is 9.10. The summed E-state index contributed by atoms with van der Waals surface area (Å²) in [5.41, 5.74) is 2.80. The first-order valence-corrected chi connectivity index (χ1v) is 7.67. The lowest BCUT2D eigenvalue weighted by Gasteiger charge is -2.34. The molecule has 2 aliphatic rings. The molecule has 1 aromatic rings. The number of carboxylic acids is 1. The van der Waals surface area contributed by atoms with Crippen molar-refractivity contribution in [2.45, 2.75) is 44.2 Å². The van der Waals surface area contributed by atoms with Gasteiger partial charge in [-0.3, -0.25) is 9.69 Å². The van der Waals surface area contributed by atoms with Crippen LogP contribution in [0.2, 0.25) is 0 Å². The minimum absolute atomic E-state index is 0.196. The highest BCUT2D eigenvalue weighted by atomic mass is 79.9. The zero-order valence-corrected chi connectivity index (χ0v) is 12.4. The van der Waals surface area contributed by atoms with Gasteiger partial charge in [0.1, 0.15) is 0 Å². The van der Waals surface area contributed by atoms with Crippen molar-refractivity contribution in [3.05, 3.63) is 33.8 Å². The third-order valence-corrected chi connectivity index (χ3v) is 4.67. The van der Waals surface area contributed by atoms with E-state index in [2.05, 4.69) is 39.0 Å². The molecule has 0 radical (unpaired) electrons. The second-order valence-electron chi connectivity index (χ2n) is 5.61. The molecule has 2 aliphatic carbocycles. The molecule has 1 N–H and O–H groups in total. The number of carbonyl (C=O) groups is 1. The number of carboxylic acid groups (broad SMARTS) is 1. The molecule has 1 unspecified atom stereocenters. The summed E-state index contributed by atoms with van der Waals surface area (Å²) in [4.78, 5) is 13.2. The number of aliphatic carboxylic acids is 1. The maximum absolute atomic E-state index is 11.0. The molecule has 1 aromatic carbocycles. The minimum atomic E-state index is -0.700. The molecule has 1 atom stereocenters. The third kappa shape index (κ3) is 3.00. The van der Waals surface area contributed by atoms with Crippen LogP contribution in [-0.4, -0.2) is 34.6 Å². The van der Waals surface area contributed by atoms with E-state index in [0.717, 1.165) is 36.6 Å². The largest absolute Gasteiger partial charge is 0.480 e.